The first-order valence-corrected chi connectivity index (χ1v) is 10.5. The molecular weight excluding hydrogens is 406 g/mol. The molecule has 0 amide bonds. The SMILES string of the molecule is NC(CCl)=Nc1ccc2c(c1)oc1ccc(S(=O)(=O)N(CCO)CCO)cc12. The summed E-state index contributed by atoms with van der Waals surface area (Å²) in [6.07, 6.45) is 0. The molecule has 1 aromatic heterocycles. The minimum atomic E-state index is -3.87. The average molecular weight is 426 g/mol. The molecule has 10 heteroatoms. The van der Waals surface area contributed by atoms with Crippen molar-refractivity contribution in [3.05, 3.63) is 36.4 Å². The van der Waals surface area contributed by atoms with Crippen molar-refractivity contribution < 1.29 is 23.0 Å². The van der Waals surface area contributed by atoms with Crippen molar-refractivity contribution in [3.8, 4) is 0 Å². The van der Waals surface area contributed by atoms with Crippen LogP contribution < -0.4 is 5.73 Å². The zero-order valence-electron chi connectivity index (χ0n) is 14.9. The van der Waals surface area contributed by atoms with E-state index in [1.54, 1.807) is 24.3 Å². The molecule has 0 fully saturated rings. The van der Waals surface area contributed by atoms with E-state index in [0.717, 1.165) is 9.69 Å². The first-order valence-electron chi connectivity index (χ1n) is 8.48. The number of aliphatic imine (C=N–C) groups is 1. The summed E-state index contributed by atoms with van der Waals surface area (Å²) in [6, 6.07) is 9.75. The Balaban J connectivity index is 2.09. The van der Waals surface area contributed by atoms with E-state index in [2.05, 4.69) is 4.99 Å². The maximum Gasteiger partial charge on any atom is 0.243 e. The van der Waals surface area contributed by atoms with Gasteiger partial charge in [-0.25, -0.2) is 13.4 Å². The van der Waals surface area contributed by atoms with Gasteiger partial charge in [0.2, 0.25) is 10.0 Å². The van der Waals surface area contributed by atoms with Crippen molar-refractivity contribution >= 4 is 55.1 Å². The van der Waals surface area contributed by atoms with Crippen LogP contribution in [0.5, 0.6) is 0 Å². The molecular formula is C18H20ClN3O5S. The smallest absolute Gasteiger partial charge is 0.243 e. The molecule has 0 spiro atoms. The molecule has 4 N–H and O–H groups in total. The third-order valence-corrected chi connectivity index (χ3v) is 6.34. The zero-order chi connectivity index (χ0) is 20.3. The second kappa shape index (κ2) is 8.46. The van der Waals surface area contributed by atoms with E-state index in [0.29, 0.717) is 22.2 Å². The minimum absolute atomic E-state index is 0.0538. The summed E-state index contributed by atoms with van der Waals surface area (Å²) >= 11 is 5.64. The quantitative estimate of drug-likeness (QED) is 0.286. The first kappa shape index (κ1) is 20.6. The van der Waals surface area contributed by atoms with Crippen LogP contribution in [-0.2, 0) is 10.0 Å². The number of benzene rings is 2. The summed E-state index contributed by atoms with van der Waals surface area (Å²) in [6.45, 7) is -0.886. The fourth-order valence-electron chi connectivity index (χ4n) is 2.90. The summed E-state index contributed by atoms with van der Waals surface area (Å²) in [5.74, 6) is 0.385. The van der Waals surface area contributed by atoms with Crippen LogP contribution in [-0.4, -0.2) is 61.0 Å². The predicted molar refractivity (Wildman–Crippen MR) is 109 cm³/mol. The van der Waals surface area contributed by atoms with Gasteiger partial charge in [-0.05, 0) is 30.3 Å². The number of alkyl halides is 1. The molecule has 28 heavy (non-hydrogen) atoms. The number of fused-ring (bicyclic) bond motifs is 3. The molecule has 3 rings (SSSR count). The fourth-order valence-corrected chi connectivity index (χ4v) is 4.40. The molecule has 3 aromatic rings. The number of furan rings is 1. The second-order valence-corrected chi connectivity index (χ2v) is 8.23. The standard InChI is InChI=1S/C18H20ClN3O5S/c19-11-18(20)21-12-1-3-14-15-10-13(2-4-16(15)27-17(14)9-12)28(25,26)22(5-7-23)6-8-24/h1-4,9-10,23-24H,5-8,11H2,(H2,20,21). The maximum atomic E-state index is 12.9. The van der Waals surface area contributed by atoms with E-state index in [-0.39, 0.29) is 42.9 Å². The number of aliphatic hydroxyl groups is 2. The second-order valence-electron chi connectivity index (χ2n) is 6.03. The van der Waals surface area contributed by atoms with Gasteiger partial charge >= 0.3 is 0 Å². The van der Waals surface area contributed by atoms with Crippen LogP contribution in [0, 0.1) is 0 Å². The number of sulfonamides is 1. The Labute approximate surface area is 166 Å². The highest BCUT2D eigenvalue weighted by Crippen LogP contribution is 2.33. The van der Waals surface area contributed by atoms with Gasteiger partial charge in [-0.2, -0.15) is 4.31 Å². The topological polar surface area (TPSA) is 129 Å². The lowest BCUT2D eigenvalue weighted by atomic mass is 10.1. The molecule has 0 aliphatic heterocycles. The average Bonchev–Trinajstić information content (AvgIpc) is 3.04. The van der Waals surface area contributed by atoms with E-state index in [1.165, 1.54) is 12.1 Å². The number of amidine groups is 1. The molecule has 0 saturated carbocycles. The Bertz CT molecular complexity index is 1120. The summed E-state index contributed by atoms with van der Waals surface area (Å²) in [5.41, 5.74) is 7.29. The minimum Gasteiger partial charge on any atom is -0.456 e. The lowest BCUT2D eigenvalue weighted by Crippen LogP contribution is -2.35. The Morgan fingerprint density at radius 1 is 1.07 bits per heavy atom. The van der Waals surface area contributed by atoms with Gasteiger partial charge in [-0.1, -0.05) is 0 Å². The number of hydrogen-bond donors (Lipinski definition) is 3. The largest absolute Gasteiger partial charge is 0.456 e. The van der Waals surface area contributed by atoms with Crippen LogP contribution in [0.25, 0.3) is 21.9 Å². The molecule has 1 heterocycles. The van der Waals surface area contributed by atoms with Gasteiger partial charge in [0.15, 0.2) is 0 Å². The molecule has 0 aliphatic carbocycles. The van der Waals surface area contributed by atoms with Crippen LogP contribution in [0.4, 0.5) is 5.69 Å². The van der Waals surface area contributed by atoms with Crippen molar-refractivity contribution in [2.24, 2.45) is 10.7 Å². The molecule has 8 nitrogen and oxygen atoms in total. The predicted octanol–water partition coefficient (Wildman–Crippen LogP) is 1.79. The summed E-state index contributed by atoms with van der Waals surface area (Å²) < 4.78 is 32.5. The molecule has 0 unspecified atom stereocenters. The Morgan fingerprint density at radius 3 is 2.43 bits per heavy atom. The van der Waals surface area contributed by atoms with Crippen LogP contribution in [0.15, 0.2) is 50.7 Å². The third-order valence-electron chi connectivity index (χ3n) is 4.17. The van der Waals surface area contributed by atoms with E-state index >= 15 is 0 Å². The number of nitrogens with zero attached hydrogens (tertiary/aromatic N) is 2. The van der Waals surface area contributed by atoms with E-state index in [1.807, 2.05) is 0 Å². The molecule has 150 valence electrons. The number of hydrogen-bond acceptors (Lipinski definition) is 6. The van der Waals surface area contributed by atoms with Crippen molar-refractivity contribution in [2.45, 2.75) is 4.90 Å². The zero-order valence-corrected chi connectivity index (χ0v) is 16.4. The van der Waals surface area contributed by atoms with Crippen molar-refractivity contribution in [2.75, 3.05) is 32.2 Å². The van der Waals surface area contributed by atoms with E-state index < -0.39 is 10.0 Å². The highest BCUT2D eigenvalue weighted by molar-refractivity contribution is 7.89. The monoisotopic (exact) mass is 425 g/mol. The molecule has 0 atom stereocenters. The Morgan fingerprint density at radius 2 is 1.79 bits per heavy atom. The van der Waals surface area contributed by atoms with E-state index in [9.17, 15) is 8.42 Å². The van der Waals surface area contributed by atoms with Gasteiger partial charge in [-0.3, -0.25) is 0 Å². The number of nitrogens with two attached hydrogens (primary N) is 1. The lowest BCUT2D eigenvalue weighted by Gasteiger charge is -2.20. The van der Waals surface area contributed by atoms with Crippen LogP contribution in [0.3, 0.4) is 0 Å². The Hall–Kier alpha value is -2.17. The maximum absolute atomic E-state index is 12.9. The van der Waals surface area contributed by atoms with Gasteiger partial charge in [0, 0.05) is 29.9 Å². The fraction of sp³-hybridized carbons (Fsp3) is 0.278. The van der Waals surface area contributed by atoms with Crippen LogP contribution in [0.1, 0.15) is 0 Å². The highest BCUT2D eigenvalue weighted by atomic mass is 35.5. The van der Waals surface area contributed by atoms with Gasteiger partial charge in [-0.15, -0.1) is 11.6 Å². The first-order chi connectivity index (χ1) is 13.4. The number of aliphatic hydroxyl groups excluding tert-OH is 2. The molecule has 0 radical (unpaired) electrons. The normalized spacial score (nSPS) is 13.1. The van der Waals surface area contributed by atoms with E-state index in [4.69, 9.17) is 32.0 Å². The molecule has 0 bridgehead atoms. The van der Waals surface area contributed by atoms with Crippen molar-refractivity contribution in [1.29, 1.82) is 0 Å². The van der Waals surface area contributed by atoms with Crippen molar-refractivity contribution in [3.63, 3.8) is 0 Å². The molecule has 2 aromatic carbocycles. The van der Waals surface area contributed by atoms with Crippen LogP contribution >= 0.6 is 11.6 Å². The van der Waals surface area contributed by atoms with Gasteiger partial charge in [0.25, 0.3) is 0 Å². The third kappa shape index (κ3) is 3.98. The number of halogens is 1. The molecule has 0 saturated heterocycles. The lowest BCUT2D eigenvalue weighted by molar-refractivity contribution is 0.217. The van der Waals surface area contributed by atoms with Crippen molar-refractivity contribution in [1.82, 2.24) is 4.31 Å². The summed E-state index contributed by atoms with van der Waals surface area (Å²) in [5, 5.41) is 19.6. The van der Waals surface area contributed by atoms with Gasteiger partial charge in [0.1, 0.15) is 17.0 Å². The highest BCUT2D eigenvalue weighted by Gasteiger charge is 2.24. The molecule has 0 aliphatic rings. The number of rotatable bonds is 8. The summed E-state index contributed by atoms with van der Waals surface area (Å²) in [4.78, 5) is 4.23. The Kier molecular flexibility index (Phi) is 6.21. The summed E-state index contributed by atoms with van der Waals surface area (Å²) in [7, 11) is -3.87. The van der Waals surface area contributed by atoms with Gasteiger partial charge < -0.3 is 20.4 Å². The van der Waals surface area contributed by atoms with Gasteiger partial charge in [0.05, 0.1) is 29.7 Å². The van der Waals surface area contributed by atoms with Crippen LogP contribution in [0.2, 0.25) is 0 Å².